The summed E-state index contributed by atoms with van der Waals surface area (Å²) in [6.45, 7) is 2.76. The Labute approximate surface area is 124 Å². The van der Waals surface area contributed by atoms with E-state index in [1.165, 1.54) is 0 Å². The van der Waals surface area contributed by atoms with E-state index in [-0.39, 0.29) is 5.91 Å². The summed E-state index contributed by atoms with van der Waals surface area (Å²) in [6, 6.07) is 7.64. The highest BCUT2D eigenvalue weighted by molar-refractivity contribution is 7.09. The Balaban J connectivity index is 2.03. The van der Waals surface area contributed by atoms with Crippen LogP contribution < -0.4 is 10.6 Å². The monoisotopic (exact) mass is 300 g/mol. The molecule has 1 aromatic carbocycles. The zero-order valence-corrected chi connectivity index (χ0v) is 12.0. The first-order valence-electron chi connectivity index (χ1n) is 6.37. The molecular formula is C13H12N6OS. The molecule has 0 unspecified atom stereocenters. The van der Waals surface area contributed by atoms with Crippen molar-refractivity contribution in [2.75, 3.05) is 17.2 Å². The average Bonchev–Trinajstić information content (AvgIpc) is 3.00. The first kappa shape index (κ1) is 13.4. The van der Waals surface area contributed by atoms with E-state index in [9.17, 15) is 4.79 Å². The number of hydrogen-bond donors (Lipinski definition) is 2. The molecule has 0 atom stereocenters. The molecule has 0 saturated carbocycles. The molecule has 2 N–H and O–H groups in total. The van der Waals surface area contributed by atoms with E-state index in [1.807, 2.05) is 31.2 Å². The number of carbonyl (C=O) groups excluding carboxylic acids is 1. The Hall–Kier alpha value is -2.61. The third-order valence-corrected chi connectivity index (χ3v) is 3.42. The molecule has 0 aliphatic carbocycles. The van der Waals surface area contributed by atoms with Gasteiger partial charge in [-0.3, -0.25) is 10.1 Å². The van der Waals surface area contributed by atoms with E-state index in [4.69, 9.17) is 0 Å². The number of aromatic nitrogens is 4. The molecule has 0 saturated heterocycles. The fourth-order valence-corrected chi connectivity index (χ4v) is 2.39. The average molecular weight is 300 g/mol. The SMILES string of the molecule is CCNc1ncc(C(=O)Nc2nnns2)c2ccccc12. The predicted octanol–water partition coefficient (Wildman–Crippen LogP) is 2.17. The standard InChI is InChI=1S/C13H12N6OS/c1-2-14-11-9-6-4-3-5-8(9)10(7-15-11)12(20)16-13-17-18-19-21-13/h3-7H,2H2,1H3,(H,14,15)(H,16,17,19,20). The van der Waals surface area contributed by atoms with Crippen molar-refractivity contribution >= 4 is 39.2 Å². The van der Waals surface area contributed by atoms with Gasteiger partial charge in [-0.15, -0.1) is 0 Å². The van der Waals surface area contributed by atoms with Gasteiger partial charge in [0.2, 0.25) is 5.13 Å². The van der Waals surface area contributed by atoms with Crippen molar-refractivity contribution in [3.63, 3.8) is 0 Å². The van der Waals surface area contributed by atoms with Crippen molar-refractivity contribution in [1.29, 1.82) is 0 Å². The number of pyridine rings is 1. The fraction of sp³-hybridized carbons (Fsp3) is 0.154. The van der Waals surface area contributed by atoms with Crippen LogP contribution >= 0.6 is 11.5 Å². The van der Waals surface area contributed by atoms with Crippen LogP contribution in [0, 0.1) is 0 Å². The van der Waals surface area contributed by atoms with E-state index in [2.05, 4.69) is 30.4 Å². The van der Waals surface area contributed by atoms with Crippen LogP contribution in [-0.4, -0.2) is 32.2 Å². The number of nitrogens with zero attached hydrogens (tertiary/aromatic N) is 4. The van der Waals surface area contributed by atoms with Gasteiger partial charge in [-0.25, -0.2) is 4.98 Å². The van der Waals surface area contributed by atoms with E-state index in [0.29, 0.717) is 10.7 Å². The lowest BCUT2D eigenvalue weighted by Crippen LogP contribution is -2.13. The first-order chi connectivity index (χ1) is 10.3. The minimum Gasteiger partial charge on any atom is -0.370 e. The van der Waals surface area contributed by atoms with Crippen molar-refractivity contribution in [1.82, 2.24) is 19.8 Å². The predicted molar refractivity (Wildman–Crippen MR) is 81.6 cm³/mol. The number of hydrogen-bond acceptors (Lipinski definition) is 7. The van der Waals surface area contributed by atoms with Crippen molar-refractivity contribution < 1.29 is 4.79 Å². The van der Waals surface area contributed by atoms with Gasteiger partial charge in [0.1, 0.15) is 5.82 Å². The van der Waals surface area contributed by atoms with Gasteiger partial charge in [-0.05, 0) is 17.5 Å². The Bertz CT molecular complexity index is 773. The molecule has 0 aliphatic rings. The van der Waals surface area contributed by atoms with Crippen LogP contribution in [0.1, 0.15) is 17.3 Å². The second-order valence-corrected chi connectivity index (χ2v) is 4.95. The van der Waals surface area contributed by atoms with Crippen LogP contribution in [-0.2, 0) is 0 Å². The maximum absolute atomic E-state index is 12.3. The Morgan fingerprint density at radius 1 is 1.29 bits per heavy atom. The summed E-state index contributed by atoms with van der Waals surface area (Å²) in [7, 11) is 0. The number of carbonyl (C=O) groups is 1. The van der Waals surface area contributed by atoms with Gasteiger partial charge >= 0.3 is 0 Å². The zero-order valence-electron chi connectivity index (χ0n) is 11.2. The Morgan fingerprint density at radius 3 is 2.81 bits per heavy atom. The zero-order chi connectivity index (χ0) is 14.7. The van der Waals surface area contributed by atoms with Crippen LogP contribution in [0.5, 0.6) is 0 Å². The summed E-state index contributed by atoms with van der Waals surface area (Å²) < 4.78 is 3.61. The summed E-state index contributed by atoms with van der Waals surface area (Å²) in [5.41, 5.74) is 0.488. The summed E-state index contributed by atoms with van der Waals surface area (Å²) in [5.74, 6) is 0.488. The molecule has 0 spiro atoms. The van der Waals surface area contributed by atoms with Crippen LogP contribution in [0.3, 0.4) is 0 Å². The van der Waals surface area contributed by atoms with Crippen molar-refractivity contribution in [2.45, 2.75) is 6.92 Å². The lowest BCUT2D eigenvalue weighted by molar-refractivity contribution is 0.102. The van der Waals surface area contributed by atoms with Gasteiger partial charge in [0, 0.05) is 29.7 Å². The molecule has 3 aromatic rings. The molecule has 0 radical (unpaired) electrons. The Morgan fingerprint density at radius 2 is 2.10 bits per heavy atom. The second kappa shape index (κ2) is 5.80. The highest BCUT2D eigenvalue weighted by atomic mass is 32.1. The van der Waals surface area contributed by atoms with Gasteiger partial charge in [-0.1, -0.05) is 33.9 Å². The lowest BCUT2D eigenvalue weighted by atomic mass is 10.1. The smallest absolute Gasteiger partial charge is 0.259 e. The van der Waals surface area contributed by atoms with Gasteiger partial charge in [0.15, 0.2) is 0 Å². The molecule has 0 aliphatic heterocycles. The quantitative estimate of drug-likeness (QED) is 0.767. The summed E-state index contributed by atoms with van der Waals surface area (Å²) in [4.78, 5) is 16.7. The number of benzene rings is 1. The van der Waals surface area contributed by atoms with Crippen molar-refractivity contribution in [2.24, 2.45) is 0 Å². The topological polar surface area (TPSA) is 92.7 Å². The molecule has 1 amide bonds. The summed E-state index contributed by atoms with van der Waals surface area (Å²) >= 11 is 1.03. The number of anilines is 2. The molecule has 0 bridgehead atoms. The molecule has 2 aromatic heterocycles. The highest BCUT2D eigenvalue weighted by Crippen LogP contribution is 2.25. The largest absolute Gasteiger partial charge is 0.370 e. The number of amides is 1. The molecule has 2 heterocycles. The maximum Gasteiger partial charge on any atom is 0.259 e. The van der Waals surface area contributed by atoms with Crippen LogP contribution in [0.2, 0.25) is 0 Å². The molecular weight excluding hydrogens is 288 g/mol. The molecule has 7 nitrogen and oxygen atoms in total. The van der Waals surface area contributed by atoms with Crippen LogP contribution in [0.4, 0.5) is 10.9 Å². The fourth-order valence-electron chi connectivity index (χ4n) is 2.03. The number of rotatable bonds is 4. The number of fused-ring (bicyclic) bond motifs is 1. The maximum atomic E-state index is 12.3. The second-order valence-electron chi connectivity index (χ2n) is 4.22. The van der Waals surface area contributed by atoms with Gasteiger partial charge in [0.05, 0.1) is 5.56 Å². The Kier molecular flexibility index (Phi) is 3.69. The third kappa shape index (κ3) is 2.65. The van der Waals surface area contributed by atoms with E-state index in [0.717, 1.165) is 34.7 Å². The molecule has 106 valence electrons. The first-order valence-corrected chi connectivity index (χ1v) is 7.15. The van der Waals surface area contributed by atoms with Gasteiger partial charge < -0.3 is 5.32 Å². The van der Waals surface area contributed by atoms with E-state index >= 15 is 0 Å². The lowest BCUT2D eigenvalue weighted by Gasteiger charge is -2.10. The normalized spacial score (nSPS) is 10.5. The summed E-state index contributed by atoms with van der Waals surface area (Å²) in [5, 5.41) is 15.1. The van der Waals surface area contributed by atoms with E-state index in [1.54, 1.807) is 6.20 Å². The minimum absolute atomic E-state index is 0.278. The highest BCUT2D eigenvalue weighted by Gasteiger charge is 2.14. The third-order valence-electron chi connectivity index (χ3n) is 2.90. The minimum atomic E-state index is -0.278. The molecule has 3 rings (SSSR count). The number of nitrogens with one attached hydrogen (secondary N) is 2. The molecule has 8 heteroatoms. The van der Waals surface area contributed by atoms with Crippen LogP contribution in [0.15, 0.2) is 30.5 Å². The van der Waals surface area contributed by atoms with E-state index < -0.39 is 0 Å². The molecule has 21 heavy (non-hydrogen) atoms. The van der Waals surface area contributed by atoms with Crippen molar-refractivity contribution in [3.05, 3.63) is 36.0 Å². The van der Waals surface area contributed by atoms with Gasteiger partial charge in [0.25, 0.3) is 5.91 Å². The van der Waals surface area contributed by atoms with Crippen LogP contribution in [0.25, 0.3) is 10.8 Å². The summed E-state index contributed by atoms with van der Waals surface area (Å²) in [6.07, 6.45) is 1.56. The van der Waals surface area contributed by atoms with Crippen molar-refractivity contribution in [3.8, 4) is 0 Å². The molecule has 0 fully saturated rings. The van der Waals surface area contributed by atoms with Gasteiger partial charge in [-0.2, -0.15) is 0 Å².